The molecule has 0 saturated carbocycles. The first-order valence-corrected chi connectivity index (χ1v) is 11.7. The third-order valence-corrected chi connectivity index (χ3v) is 6.56. The van der Waals surface area contributed by atoms with Gasteiger partial charge in [-0.1, -0.05) is 27.7 Å². The summed E-state index contributed by atoms with van der Waals surface area (Å²) in [6, 6.07) is 17.5. The molecule has 1 amide bonds. The lowest BCUT2D eigenvalue weighted by molar-refractivity contribution is -0.116. The topological polar surface area (TPSA) is 88.0 Å². The van der Waals surface area contributed by atoms with Gasteiger partial charge in [0.1, 0.15) is 0 Å². The summed E-state index contributed by atoms with van der Waals surface area (Å²) in [5.41, 5.74) is 4.26. The third kappa shape index (κ3) is 3.72. The second-order valence-electron chi connectivity index (χ2n) is 7.20. The summed E-state index contributed by atoms with van der Waals surface area (Å²) < 4.78 is 4.93. The first kappa shape index (κ1) is 20.5. The maximum atomic E-state index is 11.6. The van der Waals surface area contributed by atoms with E-state index >= 15 is 0 Å². The van der Waals surface area contributed by atoms with Crippen LogP contribution in [0.25, 0.3) is 27.8 Å². The Labute approximate surface area is 196 Å². The van der Waals surface area contributed by atoms with Crippen LogP contribution in [0.4, 0.5) is 5.82 Å². The van der Waals surface area contributed by atoms with Crippen LogP contribution in [0, 0.1) is 11.3 Å². The first-order valence-electron chi connectivity index (χ1n) is 9.96. The number of carbonyl (C=O) groups excluding carboxylic acids is 1. The molecule has 4 aromatic rings. The molecule has 158 valence electrons. The third-order valence-electron chi connectivity index (χ3n) is 5.19. The molecule has 1 fully saturated rings. The maximum absolute atomic E-state index is 11.6. The van der Waals surface area contributed by atoms with Crippen LogP contribution in [0.5, 0.6) is 0 Å². The predicted octanol–water partition coefficient (Wildman–Crippen LogP) is 5.00. The number of nitrogens with zero attached hydrogens (tertiary/aromatic N) is 5. The minimum Gasteiger partial charge on any atom is -0.347 e. The van der Waals surface area contributed by atoms with Gasteiger partial charge in [0, 0.05) is 39.7 Å². The zero-order valence-corrected chi connectivity index (χ0v) is 19.4. The lowest BCUT2D eigenvalue weighted by Crippen LogP contribution is -2.20. The molecule has 2 aromatic carbocycles. The fraction of sp³-hybridized carbons (Fsp3) is 0.130. The number of nitrogens with one attached hydrogen (secondary N) is 1. The normalized spacial score (nSPS) is 14.8. The average molecular weight is 505 g/mol. The number of aliphatic imine (C=N–C) groups is 1. The van der Waals surface area contributed by atoms with Crippen LogP contribution in [0.3, 0.4) is 0 Å². The van der Waals surface area contributed by atoms with Crippen molar-refractivity contribution < 1.29 is 4.79 Å². The standard InChI is InChI=1S/C23H17BrN6OS/c1-2-29-12-18(17-9-15(24)5-8-20(17)29)19-10-21(26-23-27-22(31)13-32-23)30(28-19)16-6-3-14(11-25)4-7-16/h3-10,12H,2,13H2,1H3,(H,26,27,31). The van der Waals surface area contributed by atoms with Crippen molar-refractivity contribution in [3.8, 4) is 23.0 Å². The number of benzene rings is 2. The van der Waals surface area contributed by atoms with E-state index in [0.29, 0.717) is 22.3 Å². The molecule has 1 aliphatic heterocycles. The van der Waals surface area contributed by atoms with Gasteiger partial charge in [-0.15, -0.1) is 0 Å². The number of hydrogen-bond donors (Lipinski definition) is 1. The van der Waals surface area contributed by atoms with Gasteiger partial charge in [0.2, 0.25) is 5.91 Å². The Bertz CT molecular complexity index is 1430. The number of halogens is 1. The largest absolute Gasteiger partial charge is 0.347 e. The van der Waals surface area contributed by atoms with Crippen molar-refractivity contribution >= 4 is 55.5 Å². The molecule has 0 spiro atoms. The van der Waals surface area contributed by atoms with Crippen molar-refractivity contribution in [2.24, 2.45) is 4.99 Å². The van der Waals surface area contributed by atoms with Crippen LogP contribution < -0.4 is 5.32 Å². The molecule has 0 atom stereocenters. The van der Waals surface area contributed by atoms with Crippen LogP contribution in [0.2, 0.25) is 0 Å². The molecule has 0 aliphatic carbocycles. The number of thioether (sulfide) groups is 1. The van der Waals surface area contributed by atoms with E-state index in [9.17, 15) is 4.79 Å². The number of carbonyl (C=O) groups is 1. The van der Waals surface area contributed by atoms with Crippen molar-refractivity contribution in [2.45, 2.75) is 13.5 Å². The quantitative estimate of drug-likeness (QED) is 0.423. The van der Waals surface area contributed by atoms with Crippen LogP contribution in [-0.4, -0.2) is 31.2 Å². The highest BCUT2D eigenvalue weighted by Gasteiger charge is 2.20. The first-order chi connectivity index (χ1) is 15.6. The summed E-state index contributed by atoms with van der Waals surface area (Å²) in [6.07, 6.45) is 2.10. The summed E-state index contributed by atoms with van der Waals surface area (Å²) in [5, 5.41) is 18.4. The molecular weight excluding hydrogens is 488 g/mol. The Morgan fingerprint density at radius 2 is 2.06 bits per heavy atom. The molecule has 1 aliphatic rings. The van der Waals surface area contributed by atoms with Gasteiger partial charge >= 0.3 is 0 Å². The molecule has 7 nitrogen and oxygen atoms in total. The van der Waals surface area contributed by atoms with E-state index in [0.717, 1.165) is 38.9 Å². The highest BCUT2D eigenvalue weighted by atomic mass is 79.9. The number of aromatic nitrogens is 3. The molecule has 3 heterocycles. The Morgan fingerprint density at radius 1 is 1.25 bits per heavy atom. The number of nitriles is 1. The van der Waals surface area contributed by atoms with Crippen molar-refractivity contribution in [3.63, 3.8) is 0 Å². The summed E-state index contributed by atoms with van der Waals surface area (Å²) in [4.78, 5) is 16.3. The molecule has 0 unspecified atom stereocenters. The Kier molecular flexibility index (Phi) is 5.33. The second kappa shape index (κ2) is 8.30. The number of amides is 1. The second-order valence-corrected chi connectivity index (χ2v) is 9.08. The zero-order chi connectivity index (χ0) is 22.2. The fourth-order valence-corrected chi connectivity index (χ4v) is 4.72. The van der Waals surface area contributed by atoms with Gasteiger partial charge < -0.3 is 9.88 Å². The molecule has 1 saturated heterocycles. The van der Waals surface area contributed by atoms with E-state index in [1.807, 2.05) is 24.3 Å². The van der Waals surface area contributed by atoms with E-state index in [-0.39, 0.29) is 5.91 Å². The monoisotopic (exact) mass is 504 g/mol. The minimum absolute atomic E-state index is 0.0609. The van der Waals surface area contributed by atoms with Crippen molar-refractivity contribution in [2.75, 3.05) is 5.75 Å². The predicted molar refractivity (Wildman–Crippen MR) is 130 cm³/mol. The van der Waals surface area contributed by atoms with Crippen LogP contribution in [0.15, 0.2) is 64.2 Å². The van der Waals surface area contributed by atoms with Gasteiger partial charge in [-0.2, -0.15) is 10.4 Å². The van der Waals surface area contributed by atoms with Crippen molar-refractivity contribution in [1.82, 2.24) is 19.7 Å². The maximum Gasteiger partial charge on any atom is 0.236 e. The Balaban J connectivity index is 1.69. The van der Waals surface area contributed by atoms with Crippen LogP contribution in [0.1, 0.15) is 12.5 Å². The fourth-order valence-electron chi connectivity index (χ4n) is 3.67. The smallest absolute Gasteiger partial charge is 0.236 e. The van der Waals surface area contributed by atoms with E-state index in [1.54, 1.807) is 16.8 Å². The van der Waals surface area contributed by atoms with Crippen molar-refractivity contribution in [3.05, 3.63) is 64.8 Å². The van der Waals surface area contributed by atoms with E-state index < -0.39 is 0 Å². The molecule has 2 aromatic heterocycles. The number of amidine groups is 1. The van der Waals surface area contributed by atoms with Gasteiger partial charge in [-0.3, -0.25) is 4.79 Å². The van der Waals surface area contributed by atoms with Gasteiger partial charge in [0.15, 0.2) is 11.0 Å². The van der Waals surface area contributed by atoms with Gasteiger partial charge in [-0.05, 0) is 49.4 Å². The highest BCUT2D eigenvalue weighted by molar-refractivity contribution is 9.10. The number of hydrogen-bond acceptors (Lipinski definition) is 5. The van der Waals surface area contributed by atoms with Gasteiger partial charge in [0.25, 0.3) is 0 Å². The number of aryl methyl sites for hydroxylation is 1. The summed E-state index contributed by atoms with van der Waals surface area (Å²) in [6.45, 7) is 2.95. The van der Waals surface area contributed by atoms with Gasteiger partial charge in [0.05, 0.1) is 28.8 Å². The van der Waals surface area contributed by atoms with E-state index in [4.69, 9.17) is 10.4 Å². The average Bonchev–Trinajstić information content (AvgIpc) is 3.50. The Morgan fingerprint density at radius 3 is 2.75 bits per heavy atom. The lowest BCUT2D eigenvalue weighted by atomic mass is 10.1. The molecule has 32 heavy (non-hydrogen) atoms. The molecule has 5 rings (SSSR count). The van der Waals surface area contributed by atoms with Crippen LogP contribution >= 0.6 is 27.7 Å². The lowest BCUT2D eigenvalue weighted by Gasteiger charge is -2.04. The summed E-state index contributed by atoms with van der Waals surface area (Å²) >= 11 is 4.95. The minimum atomic E-state index is -0.0609. The molecule has 0 bridgehead atoms. The zero-order valence-electron chi connectivity index (χ0n) is 17.0. The van der Waals surface area contributed by atoms with E-state index in [1.165, 1.54) is 11.8 Å². The van der Waals surface area contributed by atoms with Crippen molar-refractivity contribution in [1.29, 1.82) is 5.26 Å². The van der Waals surface area contributed by atoms with Crippen LogP contribution in [-0.2, 0) is 11.3 Å². The van der Waals surface area contributed by atoms with Gasteiger partial charge in [-0.25, -0.2) is 9.67 Å². The molecule has 9 heteroatoms. The number of rotatable bonds is 4. The summed E-state index contributed by atoms with van der Waals surface area (Å²) in [5.74, 6) is 0.894. The Hall–Kier alpha value is -3.35. The SMILES string of the molecule is CCn1cc(-c2cc(N=C3NC(=O)CS3)n(-c3ccc(C#N)cc3)n2)c2cc(Br)ccc21. The molecule has 0 radical (unpaired) electrons. The molecular formula is C23H17BrN6OS. The molecule has 1 N–H and O–H groups in total. The number of fused-ring (bicyclic) bond motifs is 1. The van der Waals surface area contributed by atoms with E-state index in [2.05, 4.69) is 62.1 Å². The highest BCUT2D eigenvalue weighted by Crippen LogP contribution is 2.35. The summed E-state index contributed by atoms with van der Waals surface area (Å²) in [7, 11) is 0.